The summed E-state index contributed by atoms with van der Waals surface area (Å²) in [4.78, 5) is 2.35. The standard InChI is InChI=1S/C24H26N2O/c1-17-13-21(25)14-18(2)22(17)24(27)15-26(16-24)23(19-9-5-3-6-10-19)20-11-7-4-8-12-20/h3-14,23,27H,15-16,25H2,1-2H3. The zero-order chi connectivity index (χ0) is 19.0. The second-order valence-corrected chi connectivity index (χ2v) is 7.69. The van der Waals surface area contributed by atoms with Gasteiger partial charge in [-0.05, 0) is 53.8 Å². The summed E-state index contributed by atoms with van der Waals surface area (Å²) >= 11 is 0. The monoisotopic (exact) mass is 358 g/mol. The maximum Gasteiger partial charge on any atom is 0.115 e. The minimum absolute atomic E-state index is 0.141. The lowest BCUT2D eigenvalue weighted by molar-refractivity contribution is -0.117. The van der Waals surface area contributed by atoms with E-state index in [0.29, 0.717) is 13.1 Å². The minimum Gasteiger partial charge on any atom is -0.399 e. The first kappa shape index (κ1) is 17.8. The number of nitrogen functional groups attached to an aromatic ring is 1. The summed E-state index contributed by atoms with van der Waals surface area (Å²) in [6, 6.07) is 25.1. The summed E-state index contributed by atoms with van der Waals surface area (Å²) in [7, 11) is 0. The number of β-amino-alcohol motifs (C(OH)–C–C–N with tert-alkyl or cyclic N) is 1. The van der Waals surface area contributed by atoms with Crippen molar-refractivity contribution < 1.29 is 5.11 Å². The molecule has 3 heteroatoms. The topological polar surface area (TPSA) is 49.5 Å². The molecule has 3 N–H and O–H groups in total. The zero-order valence-corrected chi connectivity index (χ0v) is 15.9. The number of nitrogens with zero attached hydrogens (tertiary/aromatic N) is 1. The van der Waals surface area contributed by atoms with E-state index < -0.39 is 5.60 Å². The summed E-state index contributed by atoms with van der Waals surface area (Å²) in [6.45, 7) is 5.27. The Hall–Kier alpha value is -2.62. The van der Waals surface area contributed by atoms with Gasteiger partial charge in [-0.15, -0.1) is 0 Å². The van der Waals surface area contributed by atoms with E-state index in [9.17, 15) is 5.11 Å². The lowest BCUT2D eigenvalue weighted by Gasteiger charge is -2.51. The molecule has 1 aliphatic heterocycles. The van der Waals surface area contributed by atoms with E-state index in [1.165, 1.54) is 11.1 Å². The predicted molar refractivity (Wildman–Crippen MR) is 111 cm³/mol. The molecule has 27 heavy (non-hydrogen) atoms. The Balaban J connectivity index is 1.66. The number of benzene rings is 3. The molecule has 0 saturated carbocycles. The molecule has 0 spiro atoms. The second-order valence-electron chi connectivity index (χ2n) is 7.69. The Morgan fingerprint density at radius 3 is 1.74 bits per heavy atom. The van der Waals surface area contributed by atoms with Gasteiger partial charge < -0.3 is 10.8 Å². The summed E-state index contributed by atoms with van der Waals surface area (Å²) in [5.74, 6) is 0. The third kappa shape index (κ3) is 3.25. The Labute approximate surface area is 161 Å². The van der Waals surface area contributed by atoms with Gasteiger partial charge in [0.1, 0.15) is 5.60 Å². The van der Waals surface area contributed by atoms with Crippen LogP contribution in [0.1, 0.15) is 33.9 Å². The van der Waals surface area contributed by atoms with E-state index >= 15 is 0 Å². The van der Waals surface area contributed by atoms with Gasteiger partial charge in [0, 0.05) is 18.8 Å². The number of hydrogen-bond donors (Lipinski definition) is 2. The van der Waals surface area contributed by atoms with E-state index in [1.54, 1.807) is 0 Å². The molecule has 1 heterocycles. The van der Waals surface area contributed by atoms with Crippen LogP contribution in [-0.2, 0) is 5.60 Å². The molecule has 0 aliphatic carbocycles. The van der Waals surface area contributed by atoms with E-state index in [2.05, 4.69) is 53.4 Å². The molecular formula is C24H26N2O. The molecule has 1 aliphatic rings. The molecule has 1 saturated heterocycles. The van der Waals surface area contributed by atoms with Crippen molar-refractivity contribution in [2.45, 2.75) is 25.5 Å². The van der Waals surface area contributed by atoms with Crippen LogP contribution in [0.3, 0.4) is 0 Å². The highest BCUT2D eigenvalue weighted by Gasteiger charge is 2.47. The highest BCUT2D eigenvalue weighted by atomic mass is 16.3. The zero-order valence-electron chi connectivity index (χ0n) is 15.9. The van der Waals surface area contributed by atoms with Crippen LogP contribution < -0.4 is 5.73 Å². The molecule has 0 bridgehead atoms. The van der Waals surface area contributed by atoms with Gasteiger partial charge in [0.05, 0.1) is 6.04 Å². The van der Waals surface area contributed by atoms with Crippen LogP contribution >= 0.6 is 0 Å². The average Bonchev–Trinajstić information content (AvgIpc) is 2.61. The Bertz CT molecular complexity index is 869. The number of hydrogen-bond acceptors (Lipinski definition) is 3. The van der Waals surface area contributed by atoms with Crippen LogP contribution in [-0.4, -0.2) is 23.1 Å². The van der Waals surface area contributed by atoms with Crippen molar-refractivity contribution >= 4 is 5.69 Å². The largest absolute Gasteiger partial charge is 0.399 e. The van der Waals surface area contributed by atoms with Gasteiger partial charge in [0.2, 0.25) is 0 Å². The van der Waals surface area contributed by atoms with E-state index in [0.717, 1.165) is 22.4 Å². The molecule has 3 aromatic carbocycles. The van der Waals surface area contributed by atoms with Crippen LogP contribution in [0.5, 0.6) is 0 Å². The van der Waals surface area contributed by atoms with E-state index in [1.807, 2.05) is 38.1 Å². The molecule has 0 aromatic heterocycles. The third-order valence-electron chi connectivity index (χ3n) is 5.55. The number of aliphatic hydroxyl groups is 1. The molecule has 1 fully saturated rings. The maximum absolute atomic E-state index is 11.4. The van der Waals surface area contributed by atoms with Crippen molar-refractivity contribution in [2.75, 3.05) is 18.8 Å². The second kappa shape index (κ2) is 6.84. The van der Waals surface area contributed by atoms with E-state index in [-0.39, 0.29) is 6.04 Å². The molecular weight excluding hydrogens is 332 g/mol. The number of likely N-dealkylation sites (tertiary alicyclic amines) is 1. The smallest absolute Gasteiger partial charge is 0.115 e. The van der Waals surface area contributed by atoms with Crippen molar-refractivity contribution in [2.24, 2.45) is 0 Å². The van der Waals surface area contributed by atoms with Gasteiger partial charge in [-0.1, -0.05) is 60.7 Å². The Morgan fingerprint density at radius 2 is 1.30 bits per heavy atom. The molecule has 138 valence electrons. The van der Waals surface area contributed by atoms with Gasteiger partial charge in [0.15, 0.2) is 0 Å². The van der Waals surface area contributed by atoms with Crippen molar-refractivity contribution in [1.82, 2.24) is 4.90 Å². The van der Waals surface area contributed by atoms with Gasteiger partial charge in [-0.3, -0.25) is 4.90 Å². The molecule has 0 radical (unpaired) electrons. The molecule has 0 amide bonds. The van der Waals surface area contributed by atoms with Gasteiger partial charge >= 0.3 is 0 Å². The first-order valence-electron chi connectivity index (χ1n) is 9.41. The Morgan fingerprint density at radius 1 is 0.852 bits per heavy atom. The average molecular weight is 358 g/mol. The van der Waals surface area contributed by atoms with Gasteiger partial charge in [-0.2, -0.15) is 0 Å². The molecule has 3 aromatic rings. The first-order valence-corrected chi connectivity index (χ1v) is 9.41. The molecule has 3 nitrogen and oxygen atoms in total. The van der Waals surface area contributed by atoms with Crippen LogP contribution in [0, 0.1) is 13.8 Å². The fraction of sp³-hybridized carbons (Fsp3) is 0.250. The highest BCUT2D eigenvalue weighted by Crippen LogP contribution is 2.42. The fourth-order valence-electron chi connectivity index (χ4n) is 4.58. The summed E-state index contributed by atoms with van der Waals surface area (Å²) in [6.07, 6.45) is 0. The summed E-state index contributed by atoms with van der Waals surface area (Å²) in [5, 5.41) is 11.4. The Kier molecular flexibility index (Phi) is 4.50. The van der Waals surface area contributed by atoms with Crippen molar-refractivity contribution in [3.63, 3.8) is 0 Å². The lowest BCUT2D eigenvalue weighted by Crippen LogP contribution is -2.60. The summed E-state index contributed by atoms with van der Waals surface area (Å²) < 4.78 is 0. The maximum atomic E-state index is 11.4. The van der Waals surface area contributed by atoms with Gasteiger partial charge in [0.25, 0.3) is 0 Å². The first-order chi connectivity index (χ1) is 13.0. The number of rotatable bonds is 4. The SMILES string of the molecule is Cc1cc(N)cc(C)c1C1(O)CN(C(c2ccccc2)c2ccccc2)C1. The lowest BCUT2D eigenvalue weighted by atomic mass is 9.78. The normalized spacial score (nSPS) is 16.3. The summed E-state index contributed by atoms with van der Waals surface area (Å²) in [5.41, 5.74) is 11.5. The van der Waals surface area contributed by atoms with Crippen LogP contribution in [0.15, 0.2) is 72.8 Å². The predicted octanol–water partition coefficient (Wildman–Crippen LogP) is 4.18. The minimum atomic E-state index is -0.830. The van der Waals surface area contributed by atoms with E-state index in [4.69, 9.17) is 5.73 Å². The fourth-order valence-corrected chi connectivity index (χ4v) is 4.58. The van der Waals surface area contributed by atoms with Crippen LogP contribution in [0.2, 0.25) is 0 Å². The highest BCUT2D eigenvalue weighted by molar-refractivity contribution is 5.52. The molecule has 0 atom stereocenters. The molecule has 0 unspecified atom stereocenters. The third-order valence-corrected chi connectivity index (χ3v) is 5.55. The van der Waals surface area contributed by atoms with Crippen molar-refractivity contribution in [3.8, 4) is 0 Å². The van der Waals surface area contributed by atoms with Crippen LogP contribution in [0.25, 0.3) is 0 Å². The number of aryl methyl sites for hydroxylation is 2. The number of nitrogens with two attached hydrogens (primary N) is 1. The van der Waals surface area contributed by atoms with Crippen molar-refractivity contribution in [1.29, 1.82) is 0 Å². The molecule has 4 rings (SSSR count). The number of anilines is 1. The van der Waals surface area contributed by atoms with Gasteiger partial charge in [-0.25, -0.2) is 0 Å². The van der Waals surface area contributed by atoms with Crippen molar-refractivity contribution in [3.05, 3.63) is 101 Å². The quantitative estimate of drug-likeness (QED) is 0.688. The van der Waals surface area contributed by atoms with Crippen LogP contribution in [0.4, 0.5) is 5.69 Å².